The van der Waals surface area contributed by atoms with Gasteiger partial charge in [0.25, 0.3) is 6.43 Å². The Morgan fingerprint density at radius 3 is 2.62 bits per heavy atom. The summed E-state index contributed by atoms with van der Waals surface area (Å²) >= 11 is 0. The molecule has 1 N–H and O–H groups in total. The van der Waals surface area contributed by atoms with Gasteiger partial charge in [-0.25, -0.2) is 18.6 Å². The minimum Gasteiger partial charge on any atom is -0.475 e. The lowest BCUT2D eigenvalue weighted by molar-refractivity contribution is 0.0643. The van der Waals surface area contributed by atoms with Gasteiger partial charge in [0.05, 0.1) is 0 Å². The summed E-state index contributed by atoms with van der Waals surface area (Å²) in [5.74, 6) is -1.73. The maximum atomic E-state index is 12.4. The zero-order valence-corrected chi connectivity index (χ0v) is 8.45. The predicted octanol–water partition coefficient (Wildman–Crippen LogP) is 2.65. The lowest BCUT2D eigenvalue weighted by Crippen LogP contribution is -2.13. The van der Waals surface area contributed by atoms with Crippen LogP contribution in [-0.2, 0) is 6.42 Å². The van der Waals surface area contributed by atoms with Gasteiger partial charge in [-0.05, 0) is 18.8 Å². The van der Waals surface area contributed by atoms with Crippen LogP contribution in [0, 0.1) is 5.92 Å². The first-order valence-electron chi connectivity index (χ1n) is 5.09. The fraction of sp³-hybridized carbons (Fsp3) is 0.600. The van der Waals surface area contributed by atoms with Crippen LogP contribution in [0.2, 0.25) is 0 Å². The van der Waals surface area contributed by atoms with Gasteiger partial charge in [-0.3, -0.25) is 0 Å². The number of oxazole rings is 1. The van der Waals surface area contributed by atoms with E-state index in [1.807, 2.05) is 0 Å². The summed E-state index contributed by atoms with van der Waals surface area (Å²) in [6, 6.07) is 0. The molecule has 1 fully saturated rings. The number of carboxylic acids is 1. The van der Waals surface area contributed by atoms with Crippen LogP contribution in [0.25, 0.3) is 0 Å². The van der Waals surface area contributed by atoms with E-state index in [1.165, 1.54) is 0 Å². The maximum absolute atomic E-state index is 12.4. The molecule has 4 nitrogen and oxygen atoms in total. The van der Waals surface area contributed by atoms with Crippen molar-refractivity contribution in [2.24, 2.45) is 5.92 Å². The number of hydrogen-bond acceptors (Lipinski definition) is 3. The van der Waals surface area contributed by atoms with Gasteiger partial charge >= 0.3 is 5.97 Å². The van der Waals surface area contributed by atoms with Crippen LogP contribution in [-0.4, -0.2) is 16.1 Å². The number of aromatic carboxylic acids is 1. The fourth-order valence-electron chi connectivity index (χ4n) is 1.71. The average Bonchev–Trinajstić information content (AvgIpc) is 2.55. The van der Waals surface area contributed by atoms with Crippen molar-refractivity contribution in [2.75, 3.05) is 0 Å². The number of halogens is 2. The van der Waals surface area contributed by atoms with E-state index >= 15 is 0 Å². The van der Waals surface area contributed by atoms with E-state index in [0.717, 1.165) is 19.3 Å². The van der Waals surface area contributed by atoms with Gasteiger partial charge < -0.3 is 9.52 Å². The Balaban J connectivity index is 2.19. The third kappa shape index (κ3) is 2.05. The first-order chi connectivity index (χ1) is 7.58. The van der Waals surface area contributed by atoms with E-state index in [9.17, 15) is 13.6 Å². The topological polar surface area (TPSA) is 63.3 Å². The molecule has 0 radical (unpaired) electrons. The van der Waals surface area contributed by atoms with Gasteiger partial charge in [0.2, 0.25) is 5.76 Å². The molecule has 0 atom stereocenters. The SMILES string of the molecule is O=C(O)c1oc(CC2CCC2)nc1C(F)F. The average molecular weight is 231 g/mol. The van der Waals surface area contributed by atoms with Gasteiger partial charge in [0, 0.05) is 6.42 Å². The molecule has 1 aromatic rings. The molecule has 6 heteroatoms. The van der Waals surface area contributed by atoms with Crippen molar-refractivity contribution in [2.45, 2.75) is 32.1 Å². The number of rotatable bonds is 4. The molecule has 0 aromatic carbocycles. The Morgan fingerprint density at radius 1 is 1.56 bits per heavy atom. The van der Waals surface area contributed by atoms with Crippen LogP contribution < -0.4 is 0 Å². The molecule has 88 valence electrons. The van der Waals surface area contributed by atoms with Crippen LogP contribution in [0.1, 0.15) is 47.8 Å². The number of alkyl halides is 2. The Bertz CT molecular complexity index is 399. The lowest BCUT2D eigenvalue weighted by Gasteiger charge is -2.23. The largest absolute Gasteiger partial charge is 0.475 e. The van der Waals surface area contributed by atoms with Crippen molar-refractivity contribution in [1.82, 2.24) is 4.98 Å². The number of aromatic nitrogens is 1. The Hall–Kier alpha value is -1.46. The summed E-state index contributed by atoms with van der Waals surface area (Å²) in [4.78, 5) is 14.2. The number of carbonyl (C=O) groups is 1. The van der Waals surface area contributed by atoms with E-state index in [1.54, 1.807) is 0 Å². The third-order valence-electron chi connectivity index (χ3n) is 2.79. The lowest BCUT2D eigenvalue weighted by atomic mass is 9.83. The molecule has 2 rings (SSSR count). The van der Waals surface area contributed by atoms with Crippen LogP contribution in [0.15, 0.2) is 4.42 Å². The van der Waals surface area contributed by atoms with Gasteiger partial charge in [0.15, 0.2) is 11.6 Å². The summed E-state index contributed by atoms with van der Waals surface area (Å²) in [7, 11) is 0. The third-order valence-corrected chi connectivity index (χ3v) is 2.79. The molecule has 0 spiro atoms. The quantitative estimate of drug-likeness (QED) is 0.865. The molecule has 0 bridgehead atoms. The van der Waals surface area contributed by atoms with Crippen LogP contribution in [0.4, 0.5) is 8.78 Å². The van der Waals surface area contributed by atoms with Crippen molar-refractivity contribution in [3.63, 3.8) is 0 Å². The molecule has 16 heavy (non-hydrogen) atoms. The number of nitrogens with zero attached hydrogens (tertiary/aromatic N) is 1. The molecule has 1 aliphatic rings. The van der Waals surface area contributed by atoms with E-state index < -0.39 is 23.8 Å². The monoisotopic (exact) mass is 231 g/mol. The van der Waals surface area contributed by atoms with Gasteiger partial charge in [0.1, 0.15) is 0 Å². The summed E-state index contributed by atoms with van der Waals surface area (Å²) in [5, 5.41) is 8.67. The highest BCUT2D eigenvalue weighted by Gasteiger charge is 2.28. The number of hydrogen-bond donors (Lipinski definition) is 1. The molecule has 0 amide bonds. The van der Waals surface area contributed by atoms with Crippen LogP contribution in [0.5, 0.6) is 0 Å². The second-order valence-electron chi connectivity index (χ2n) is 3.93. The Kier molecular flexibility index (Phi) is 2.89. The molecule has 1 aliphatic carbocycles. The second kappa shape index (κ2) is 4.19. The molecule has 1 aromatic heterocycles. The van der Waals surface area contributed by atoms with Crippen LogP contribution >= 0.6 is 0 Å². The highest BCUT2D eigenvalue weighted by Crippen LogP contribution is 2.31. The first kappa shape index (κ1) is 11.0. The summed E-state index contributed by atoms with van der Waals surface area (Å²) in [5.41, 5.74) is -0.762. The smallest absolute Gasteiger partial charge is 0.374 e. The zero-order valence-electron chi connectivity index (χ0n) is 8.45. The van der Waals surface area contributed by atoms with Crippen molar-refractivity contribution in [3.05, 3.63) is 17.3 Å². The summed E-state index contributed by atoms with van der Waals surface area (Å²) in [6.45, 7) is 0. The van der Waals surface area contributed by atoms with Gasteiger partial charge in [-0.2, -0.15) is 0 Å². The van der Waals surface area contributed by atoms with Crippen molar-refractivity contribution in [1.29, 1.82) is 0 Å². The van der Waals surface area contributed by atoms with Gasteiger partial charge in [-0.15, -0.1) is 0 Å². The number of carboxylic acid groups (broad SMARTS) is 1. The molecular formula is C10H11F2NO3. The highest BCUT2D eigenvalue weighted by molar-refractivity contribution is 5.85. The molecular weight excluding hydrogens is 220 g/mol. The minimum absolute atomic E-state index is 0.109. The summed E-state index contributed by atoms with van der Waals surface area (Å²) < 4.78 is 29.8. The summed E-state index contributed by atoms with van der Waals surface area (Å²) in [6.07, 6.45) is 0.708. The minimum atomic E-state index is -2.91. The normalized spacial score (nSPS) is 16.4. The Morgan fingerprint density at radius 2 is 2.25 bits per heavy atom. The predicted molar refractivity (Wildman–Crippen MR) is 49.5 cm³/mol. The molecule has 0 saturated heterocycles. The molecule has 0 aliphatic heterocycles. The maximum Gasteiger partial charge on any atom is 0.374 e. The fourth-order valence-corrected chi connectivity index (χ4v) is 1.71. The van der Waals surface area contributed by atoms with E-state index in [0.29, 0.717) is 12.3 Å². The van der Waals surface area contributed by atoms with Gasteiger partial charge in [-0.1, -0.05) is 6.42 Å². The zero-order chi connectivity index (χ0) is 11.7. The highest BCUT2D eigenvalue weighted by atomic mass is 19.3. The van der Waals surface area contributed by atoms with E-state index in [4.69, 9.17) is 9.52 Å². The van der Waals surface area contributed by atoms with Crippen molar-refractivity contribution in [3.8, 4) is 0 Å². The Labute approximate surface area is 90.3 Å². The molecule has 1 heterocycles. The standard InChI is InChI=1S/C10H11F2NO3/c11-9(12)7-8(10(14)15)16-6(13-7)4-5-2-1-3-5/h5,9H,1-4H2,(H,14,15). The van der Waals surface area contributed by atoms with E-state index in [-0.39, 0.29) is 5.89 Å². The second-order valence-corrected chi connectivity index (χ2v) is 3.93. The van der Waals surface area contributed by atoms with E-state index in [2.05, 4.69) is 4.98 Å². The van der Waals surface area contributed by atoms with Crippen molar-refractivity contribution < 1.29 is 23.1 Å². The first-order valence-corrected chi connectivity index (χ1v) is 5.09. The van der Waals surface area contributed by atoms with Crippen molar-refractivity contribution >= 4 is 5.97 Å². The molecule has 1 saturated carbocycles. The molecule has 0 unspecified atom stereocenters. The van der Waals surface area contributed by atoms with Crippen LogP contribution in [0.3, 0.4) is 0 Å².